The van der Waals surface area contributed by atoms with Crippen LogP contribution in [0.5, 0.6) is 5.75 Å². The zero-order chi connectivity index (χ0) is 24.2. The number of hydrogen-bond donors (Lipinski definition) is 1. The minimum Gasteiger partial charge on any atom is -0.465 e. The maximum absolute atomic E-state index is 12.4. The van der Waals surface area contributed by atoms with E-state index in [4.69, 9.17) is 9.72 Å². The highest BCUT2D eigenvalue weighted by Gasteiger charge is 2.15. The molecular weight excluding hydrogens is 440 g/mol. The van der Waals surface area contributed by atoms with Gasteiger partial charge in [0.25, 0.3) is 0 Å². The Balaban J connectivity index is 1.32. The van der Waals surface area contributed by atoms with Gasteiger partial charge in [-0.25, -0.2) is 9.78 Å². The van der Waals surface area contributed by atoms with Crippen molar-refractivity contribution >= 4 is 33.7 Å². The fourth-order valence-electron chi connectivity index (χ4n) is 4.25. The number of esters is 2. The van der Waals surface area contributed by atoms with Crippen LogP contribution in [0.2, 0.25) is 0 Å². The molecule has 0 radical (unpaired) electrons. The summed E-state index contributed by atoms with van der Waals surface area (Å²) in [5.74, 6) is -0.352. The number of fused-ring (bicyclic) bond motifs is 2. The maximum atomic E-state index is 12.4. The summed E-state index contributed by atoms with van der Waals surface area (Å²) in [5.41, 5.74) is 5.38. The van der Waals surface area contributed by atoms with Crippen LogP contribution >= 0.6 is 0 Å². The summed E-state index contributed by atoms with van der Waals surface area (Å²) in [4.78, 5) is 32.4. The second-order valence-corrected chi connectivity index (χ2v) is 8.26. The van der Waals surface area contributed by atoms with Gasteiger partial charge >= 0.3 is 11.9 Å². The molecule has 2 aromatic heterocycles. The van der Waals surface area contributed by atoms with Gasteiger partial charge in [0.05, 0.1) is 29.6 Å². The van der Waals surface area contributed by atoms with Crippen LogP contribution in [0.25, 0.3) is 33.2 Å². The Morgan fingerprint density at radius 1 is 0.886 bits per heavy atom. The normalized spacial score (nSPS) is 11.0. The zero-order valence-electron chi connectivity index (χ0n) is 19.3. The van der Waals surface area contributed by atoms with Gasteiger partial charge in [-0.2, -0.15) is 0 Å². The lowest BCUT2D eigenvalue weighted by Crippen LogP contribution is -2.08. The summed E-state index contributed by atoms with van der Waals surface area (Å²) in [7, 11) is 1.32. The van der Waals surface area contributed by atoms with E-state index < -0.39 is 5.97 Å². The van der Waals surface area contributed by atoms with Crippen LogP contribution in [0.4, 0.5) is 0 Å². The summed E-state index contributed by atoms with van der Waals surface area (Å²) in [6, 6.07) is 26.6. The number of hydrogen-bond acceptors (Lipinski definition) is 5. The largest absolute Gasteiger partial charge is 0.465 e. The molecule has 0 atom stereocenters. The molecule has 0 saturated carbocycles. The number of carbonyl (C=O) groups excluding carboxylic acids is 2. The van der Waals surface area contributed by atoms with Gasteiger partial charge in [0.1, 0.15) is 5.75 Å². The molecule has 0 bridgehead atoms. The Morgan fingerprint density at radius 2 is 1.66 bits per heavy atom. The Morgan fingerprint density at radius 3 is 2.49 bits per heavy atom. The van der Waals surface area contributed by atoms with Crippen LogP contribution in [0.15, 0.2) is 84.9 Å². The number of aryl methyl sites for hydroxylation is 1. The highest BCUT2D eigenvalue weighted by atomic mass is 16.5. The number of aromatic amines is 1. The number of ether oxygens (including phenoxy) is 2. The van der Waals surface area contributed by atoms with E-state index in [9.17, 15) is 9.59 Å². The summed E-state index contributed by atoms with van der Waals surface area (Å²) >= 11 is 0. The molecule has 2 heterocycles. The molecule has 35 heavy (non-hydrogen) atoms. The average molecular weight is 465 g/mol. The zero-order valence-corrected chi connectivity index (χ0v) is 19.3. The minimum atomic E-state index is -0.432. The number of benzene rings is 3. The standard InChI is InChI=1S/C29H24N2O4/c1-34-29(33)20-13-16-21(17-14-20)35-27(32)12-6-9-23-22-8-3-5-11-25(22)31-28(23)26-18-15-19-7-2-4-10-24(19)30-26/h2-5,7-8,10-11,13-18,31H,6,9,12H2,1H3. The van der Waals surface area contributed by atoms with Crippen LogP contribution in [-0.2, 0) is 16.0 Å². The maximum Gasteiger partial charge on any atom is 0.337 e. The van der Waals surface area contributed by atoms with Gasteiger partial charge in [0, 0.05) is 22.7 Å². The smallest absolute Gasteiger partial charge is 0.337 e. The average Bonchev–Trinajstić information content (AvgIpc) is 3.27. The molecule has 0 unspecified atom stereocenters. The molecule has 0 spiro atoms. The lowest BCUT2D eigenvalue weighted by Gasteiger charge is -2.07. The molecule has 0 aliphatic rings. The molecule has 6 nitrogen and oxygen atoms in total. The van der Waals surface area contributed by atoms with Crippen molar-refractivity contribution in [2.45, 2.75) is 19.3 Å². The van der Waals surface area contributed by atoms with Crippen molar-refractivity contribution in [1.29, 1.82) is 0 Å². The van der Waals surface area contributed by atoms with E-state index >= 15 is 0 Å². The summed E-state index contributed by atoms with van der Waals surface area (Å²) in [5, 5.41) is 2.22. The molecule has 174 valence electrons. The van der Waals surface area contributed by atoms with E-state index in [1.165, 1.54) is 7.11 Å². The summed E-state index contributed by atoms with van der Waals surface area (Å²) in [6.07, 6.45) is 1.59. The van der Waals surface area contributed by atoms with Gasteiger partial charge < -0.3 is 14.5 Å². The Labute approximate surface area is 202 Å². The quantitative estimate of drug-likeness (QED) is 0.233. The molecule has 5 rings (SSSR count). The fraction of sp³-hybridized carbons (Fsp3) is 0.138. The Hall–Kier alpha value is -4.45. The van der Waals surface area contributed by atoms with Crippen LogP contribution in [0, 0.1) is 0 Å². The van der Waals surface area contributed by atoms with Gasteiger partial charge in [-0.3, -0.25) is 4.79 Å². The van der Waals surface area contributed by atoms with Crippen LogP contribution in [0.1, 0.15) is 28.8 Å². The van der Waals surface area contributed by atoms with Crippen molar-refractivity contribution in [1.82, 2.24) is 9.97 Å². The molecule has 0 aliphatic heterocycles. The van der Waals surface area contributed by atoms with Gasteiger partial charge in [-0.15, -0.1) is 0 Å². The van der Waals surface area contributed by atoms with E-state index in [2.05, 4.69) is 27.9 Å². The van der Waals surface area contributed by atoms with Gasteiger partial charge in [-0.05, 0) is 60.9 Å². The predicted molar refractivity (Wildman–Crippen MR) is 135 cm³/mol. The van der Waals surface area contributed by atoms with Gasteiger partial charge in [0.2, 0.25) is 0 Å². The first kappa shape index (κ1) is 22.3. The molecule has 3 aromatic carbocycles. The number of methoxy groups -OCH3 is 1. The van der Waals surface area contributed by atoms with Gasteiger partial charge in [0.15, 0.2) is 0 Å². The number of para-hydroxylation sites is 2. The van der Waals surface area contributed by atoms with Crippen molar-refractivity contribution < 1.29 is 19.1 Å². The molecule has 1 N–H and O–H groups in total. The lowest BCUT2D eigenvalue weighted by molar-refractivity contribution is -0.134. The second kappa shape index (κ2) is 9.81. The van der Waals surface area contributed by atoms with Crippen LogP contribution in [0.3, 0.4) is 0 Å². The molecule has 0 amide bonds. The van der Waals surface area contributed by atoms with Crippen molar-refractivity contribution in [2.75, 3.05) is 7.11 Å². The third-order valence-corrected chi connectivity index (χ3v) is 5.98. The second-order valence-electron chi connectivity index (χ2n) is 8.26. The molecule has 6 heteroatoms. The number of pyridine rings is 1. The first-order valence-corrected chi connectivity index (χ1v) is 11.5. The SMILES string of the molecule is COC(=O)c1ccc(OC(=O)CCCc2c(-c3ccc4ccccc4n3)[nH]c3ccccc23)cc1. The van der Waals surface area contributed by atoms with Crippen LogP contribution < -0.4 is 4.74 Å². The number of nitrogens with zero attached hydrogens (tertiary/aromatic N) is 1. The Kier molecular flexibility index (Phi) is 6.26. The fourth-order valence-corrected chi connectivity index (χ4v) is 4.25. The number of carbonyl (C=O) groups is 2. The molecule has 5 aromatic rings. The minimum absolute atomic E-state index is 0.267. The summed E-state index contributed by atoms with van der Waals surface area (Å²) in [6.45, 7) is 0. The Bertz CT molecular complexity index is 1520. The van der Waals surface area contributed by atoms with E-state index in [1.807, 2.05) is 42.5 Å². The topological polar surface area (TPSA) is 81.3 Å². The molecule has 0 aliphatic carbocycles. The van der Waals surface area contributed by atoms with Crippen molar-refractivity contribution in [3.05, 3.63) is 96.1 Å². The number of aromatic nitrogens is 2. The van der Waals surface area contributed by atoms with Crippen molar-refractivity contribution in [3.8, 4) is 17.1 Å². The first-order valence-electron chi connectivity index (χ1n) is 11.5. The monoisotopic (exact) mass is 464 g/mol. The van der Waals surface area contributed by atoms with E-state index in [1.54, 1.807) is 24.3 Å². The first-order chi connectivity index (χ1) is 17.1. The highest BCUT2D eigenvalue weighted by molar-refractivity contribution is 5.91. The molecule has 0 saturated heterocycles. The number of nitrogens with one attached hydrogen (secondary N) is 1. The van der Waals surface area contributed by atoms with Crippen molar-refractivity contribution in [2.24, 2.45) is 0 Å². The molecular formula is C29H24N2O4. The van der Waals surface area contributed by atoms with Crippen molar-refractivity contribution in [3.63, 3.8) is 0 Å². The van der Waals surface area contributed by atoms with E-state index in [0.29, 0.717) is 24.2 Å². The number of rotatable bonds is 7. The highest BCUT2D eigenvalue weighted by Crippen LogP contribution is 2.31. The third-order valence-electron chi connectivity index (χ3n) is 5.98. The number of H-pyrrole nitrogens is 1. The lowest BCUT2D eigenvalue weighted by atomic mass is 10.0. The van der Waals surface area contributed by atoms with E-state index in [0.717, 1.165) is 38.8 Å². The predicted octanol–water partition coefficient (Wildman–Crippen LogP) is 6.10. The van der Waals surface area contributed by atoms with E-state index in [-0.39, 0.29) is 12.4 Å². The third kappa shape index (κ3) is 4.77. The summed E-state index contributed by atoms with van der Waals surface area (Å²) < 4.78 is 10.1. The molecule has 0 fully saturated rings. The van der Waals surface area contributed by atoms with Gasteiger partial charge in [-0.1, -0.05) is 42.5 Å². The van der Waals surface area contributed by atoms with Crippen LogP contribution in [-0.4, -0.2) is 29.0 Å².